The SMILES string of the molecule is C=Cc1cccc([C](C)C)c1Cl. The van der Waals surface area contributed by atoms with E-state index in [4.69, 9.17) is 11.6 Å². The van der Waals surface area contributed by atoms with Crippen LogP contribution in [-0.4, -0.2) is 0 Å². The van der Waals surface area contributed by atoms with Gasteiger partial charge in [0.05, 0.1) is 5.02 Å². The third-order valence-electron chi connectivity index (χ3n) is 1.79. The molecular weight excluding hydrogens is 168 g/mol. The third kappa shape index (κ3) is 1.70. The first-order valence-corrected chi connectivity index (χ1v) is 4.26. The second-order valence-electron chi connectivity index (χ2n) is 2.91. The molecule has 0 amide bonds. The van der Waals surface area contributed by atoms with Crippen LogP contribution in [0.25, 0.3) is 6.08 Å². The van der Waals surface area contributed by atoms with Crippen molar-refractivity contribution >= 4 is 17.7 Å². The second-order valence-corrected chi connectivity index (χ2v) is 3.29. The third-order valence-corrected chi connectivity index (χ3v) is 2.21. The first-order valence-electron chi connectivity index (χ1n) is 3.88. The second kappa shape index (κ2) is 3.77. The van der Waals surface area contributed by atoms with Gasteiger partial charge >= 0.3 is 0 Å². The van der Waals surface area contributed by atoms with Gasteiger partial charge in [-0.05, 0) is 11.1 Å². The molecule has 0 aromatic heterocycles. The molecule has 0 saturated heterocycles. The molecule has 0 heterocycles. The van der Waals surface area contributed by atoms with Crippen LogP contribution in [0.2, 0.25) is 5.02 Å². The lowest BCUT2D eigenvalue weighted by Gasteiger charge is -2.08. The van der Waals surface area contributed by atoms with Gasteiger partial charge in [-0.1, -0.05) is 56.3 Å². The Kier molecular flexibility index (Phi) is 2.93. The van der Waals surface area contributed by atoms with Crippen molar-refractivity contribution in [3.63, 3.8) is 0 Å². The summed E-state index contributed by atoms with van der Waals surface area (Å²) in [5.41, 5.74) is 2.10. The van der Waals surface area contributed by atoms with E-state index in [1.807, 2.05) is 32.0 Å². The van der Waals surface area contributed by atoms with E-state index in [2.05, 4.69) is 6.58 Å². The van der Waals surface area contributed by atoms with E-state index >= 15 is 0 Å². The Balaban J connectivity index is 3.22. The summed E-state index contributed by atoms with van der Waals surface area (Å²) in [5.74, 6) is 1.23. The Morgan fingerprint density at radius 1 is 1.42 bits per heavy atom. The average Bonchev–Trinajstić information content (AvgIpc) is 2.04. The standard InChI is InChI=1S/C11H12Cl/c1-4-9-6-5-7-10(8(2)3)11(9)12/h4-7H,1H2,2-3H3. The summed E-state index contributed by atoms with van der Waals surface area (Å²) in [6.07, 6.45) is 1.77. The number of rotatable bonds is 2. The zero-order chi connectivity index (χ0) is 9.14. The van der Waals surface area contributed by atoms with E-state index in [9.17, 15) is 0 Å². The lowest BCUT2D eigenvalue weighted by Crippen LogP contribution is -1.90. The number of halogens is 1. The fraction of sp³-hybridized carbons (Fsp3) is 0.182. The Bertz CT molecular complexity index is 287. The number of benzene rings is 1. The van der Waals surface area contributed by atoms with Crippen molar-refractivity contribution in [2.45, 2.75) is 13.8 Å². The monoisotopic (exact) mass is 179 g/mol. The highest BCUT2D eigenvalue weighted by atomic mass is 35.5. The van der Waals surface area contributed by atoms with Crippen LogP contribution in [0.1, 0.15) is 25.0 Å². The van der Waals surface area contributed by atoms with Gasteiger partial charge in [-0.25, -0.2) is 0 Å². The summed E-state index contributed by atoms with van der Waals surface area (Å²) >= 11 is 6.11. The van der Waals surface area contributed by atoms with Crippen molar-refractivity contribution in [1.82, 2.24) is 0 Å². The molecular formula is C11H12Cl. The molecule has 0 saturated carbocycles. The molecule has 0 fully saturated rings. The van der Waals surface area contributed by atoms with Gasteiger partial charge in [-0.15, -0.1) is 0 Å². The highest BCUT2D eigenvalue weighted by Crippen LogP contribution is 2.27. The predicted octanol–water partition coefficient (Wildman–Crippen LogP) is 3.95. The van der Waals surface area contributed by atoms with Gasteiger partial charge in [-0.3, -0.25) is 0 Å². The molecule has 1 aromatic carbocycles. The summed E-state index contributed by atoms with van der Waals surface area (Å²) in [7, 11) is 0. The molecule has 1 radical (unpaired) electrons. The molecule has 1 heteroatoms. The van der Waals surface area contributed by atoms with Crippen molar-refractivity contribution < 1.29 is 0 Å². The van der Waals surface area contributed by atoms with Gasteiger partial charge in [-0.2, -0.15) is 0 Å². The molecule has 0 aliphatic heterocycles. The van der Waals surface area contributed by atoms with Crippen LogP contribution < -0.4 is 0 Å². The molecule has 1 rings (SSSR count). The minimum atomic E-state index is 0.799. The lowest BCUT2D eigenvalue weighted by molar-refractivity contribution is 1.15. The van der Waals surface area contributed by atoms with Gasteiger partial charge < -0.3 is 0 Å². The minimum Gasteiger partial charge on any atom is -0.0984 e. The maximum atomic E-state index is 6.11. The van der Waals surface area contributed by atoms with E-state index in [0.717, 1.165) is 16.1 Å². The van der Waals surface area contributed by atoms with Crippen molar-refractivity contribution in [2.24, 2.45) is 0 Å². The molecule has 0 spiro atoms. The summed E-state index contributed by atoms with van der Waals surface area (Å²) in [6.45, 7) is 7.80. The number of hydrogen-bond donors (Lipinski definition) is 0. The predicted molar refractivity (Wildman–Crippen MR) is 55.2 cm³/mol. The van der Waals surface area contributed by atoms with Crippen molar-refractivity contribution in [2.75, 3.05) is 0 Å². The molecule has 0 unspecified atom stereocenters. The normalized spacial score (nSPS) is 10.3. The molecule has 0 aliphatic rings. The first-order chi connectivity index (χ1) is 5.66. The van der Waals surface area contributed by atoms with Crippen LogP contribution in [-0.2, 0) is 0 Å². The van der Waals surface area contributed by atoms with Crippen molar-refractivity contribution in [3.8, 4) is 0 Å². The Hall–Kier alpha value is -0.750. The van der Waals surface area contributed by atoms with Gasteiger partial charge in [0.25, 0.3) is 0 Å². The van der Waals surface area contributed by atoms with Gasteiger partial charge in [0.15, 0.2) is 0 Å². The molecule has 12 heavy (non-hydrogen) atoms. The summed E-state index contributed by atoms with van der Waals surface area (Å²) < 4.78 is 0. The Morgan fingerprint density at radius 2 is 2.08 bits per heavy atom. The quantitative estimate of drug-likeness (QED) is 0.645. The average molecular weight is 180 g/mol. The summed E-state index contributed by atoms with van der Waals surface area (Å²) in [4.78, 5) is 0. The van der Waals surface area contributed by atoms with E-state index < -0.39 is 0 Å². The first kappa shape index (κ1) is 9.34. The minimum absolute atomic E-state index is 0.799. The topological polar surface area (TPSA) is 0 Å². The van der Waals surface area contributed by atoms with E-state index in [1.54, 1.807) is 6.08 Å². The summed E-state index contributed by atoms with van der Waals surface area (Å²) in [6, 6.07) is 5.97. The zero-order valence-electron chi connectivity index (χ0n) is 7.39. The summed E-state index contributed by atoms with van der Waals surface area (Å²) in [5, 5.41) is 0.799. The number of hydrogen-bond acceptors (Lipinski definition) is 0. The smallest absolute Gasteiger partial charge is 0.0515 e. The van der Waals surface area contributed by atoms with E-state index in [0.29, 0.717) is 0 Å². The van der Waals surface area contributed by atoms with Crippen LogP contribution in [0, 0.1) is 5.92 Å². The van der Waals surface area contributed by atoms with Crippen LogP contribution >= 0.6 is 11.6 Å². The molecule has 63 valence electrons. The molecule has 0 N–H and O–H groups in total. The largest absolute Gasteiger partial charge is 0.0984 e. The van der Waals surface area contributed by atoms with Crippen LogP contribution in [0.5, 0.6) is 0 Å². The molecule has 0 bridgehead atoms. The fourth-order valence-corrected chi connectivity index (χ4v) is 1.49. The van der Waals surface area contributed by atoms with E-state index in [-0.39, 0.29) is 0 Å². The van der Waals surface area contributed by atoms with Crippen molar-refractivity contribution in [3.05, 3.63) is 46.8 Å². The molecule has 0 aliphatic carbocycles. The molecule has 0 nitrogen and oxygen atoms in total. The van der Waals surface area contributed by atoms with Crippen LogP contribution in [0.3, 0.4) is 0 Å². The Labute approximate surface area is 78.9 Å². The maximum Gasteiger partial charge on any atom is 0.0515 e. The highest BCUT2D eigenvalue weighted by Gasteiger charge is 2.06. The molecule has 0 atom stereocenters. The van der Waals surface area contributed by atoms with E-state index in [1.165, 1.54) is 5.92 Å². The Morgan fingerprint density at radius 3 is 2.58 bits per heavy atom. The van der Waals surface area contributed by atoms with Gasteiger partial charge in [0, 0.05) is 5.92 Å². The zero-order valence-corrected chi connectivity index (χ0v) is 8.15. The van der Waals surface area contributed by atoms with Crippen LogP contribution in [0.15, 0.2) is 24.8 Å². The van der Waals surface area contributed by atoms with Crippen molar-refractivity contribution in [1.29, 1.82) is 0 Å². The van der Waals surface area contributed by atoms with Gasteiger partial charge in [0.2, 0.25) is 0 Å². The van der Waals surface area contributed by atoms with Gasteiger partial charge in [0.1, 0.15) is 0 Å². The maximum absolute atomic E-state index is 6.11. The fourth-order valence-electron chi connectivity index (χ4n) is 1.09. The lowest BCUT2D eigenvalue weighted by atomic mass is 10.0. The highest BCUT2D eigenvalue weighted by molar-refractivity contribution is 6.33. The van der Waals surface area contributed by atoms with Crippen LogP contribution in [0.4, 0.5) is 0 Å². The molecule has 1 aromatic rings.